The van der Waals surface area contributed by atoms with Crippen LogP contribution in [0.15, 0.2) is 23.1 Å². The zero-order chi connectivity index (χ0) is 15.2. The predicted molar refractivity (Wildman–Crippen MR) is 88.1 cm³/mol. The molecule has 1 saturated heterocycles. The minimum atomic E-state index is -3.31. The lowest BCUT2D eigenvalue weighted by molar-refractivity contribution is 0.549. The molecule has 2 unspecified atom stereocenters. The molecule has 2 heterocycles. The van der Waals surface area contributed by atoms with Crippen molar-refractivity contribution in [2.75, 3.05) is 17.8 Å². The van der Waals surface area contributed by atoms with Crippen LogP contribution >= 0.6 is 23.4 Å². The third-order valence-corrected chi connectivity index (χ3v) is 6.20. The lowest BCUT2D eigenvalue weighted by atomic mass is 10.2. The van der Waals surface area contributed by atoms with Gasteiger partial charge in [-0.25, -0.2) is 13.4 Å². The molecule has 21 heavy (non-hydrogen) atoms. The van der Waals surface area contributed by atoms with E-state index >= 15 is 0 Å². The third kappa shape index (κ3) is 2.69. The van der Waals surface area contributed by atoms with Gasteiger partial charge in [-0.05, 0) is 31.2 Å². The second-order valence-corrected chi connectivity index (χ2v) is 9.16. The van der Waals surface area contributed by atoms with Gasteiger partial charge in [0, 0.05) is 18.1 Å². The highest BCUT2D eigenvalue weighted by Crippen LogP contribution is 2.36. The predicted octanol–water partition coefficient (Wildman–Crippen LogP) is 3.42. The maximum Gasteiger partial charge on any atom is 0.177 e. The number of imidazole rings is 1. The summed E-state index contributed by atoms with van der Waals surface area (Å²) in [6, 6.07) is 5.66. The first-order chi connectivity index (χ1) is 9.89. The Balaban J connectivity index is 2.32. The number of aromatic nitrogens is 2. The number of para-hydroxylation sites is 1. The molecule has 0 bridgehead atoms. The Hall–Kier alpha value is -0.720. The van der Waals surface area contributed by atoms with Crippen molar-refractivity contribution >= 4 is 44.2 Å². The van der Waals surface area contributed by atoms with Crippen LogP contribution in [0.2, 0.25) is 0 Å². The summed E-state index contributed by atoms with van der Waals surface area (Å²) in [6.07, 6.45) is 2.28. The van der Waals surface area contributed by atoms with Gasteiger partial charge < -0.3 is 4.57 Å². The highest BCUT2D eigenvalue weighted by Gasteiger charge is 2.26. The minimum Gasteiger partial charge on any atom is -0.323 e. The van der Waals surface area contributed by atoms with E-state index in [4.69, 9.17) is 11.6 Å². The summed E-state index contributed by atoms with van der Waals surface area (Å²) in [7, 11) is -3.31. The first-order valence-corrected chi connectivity index (χ1v) is 10.3. The maximum absolute atomic E-state index is 12.0. The van der Waals surface area contributed by atoms with Gasteiger partial charge in [-0.3, -0.25) is 0 Å². The van der Waals surface area contributed by atoms with E-state index in [9.17, 15) is 8.42 Å². The normalized spacial score (nSPS) is 21.0. The Morgan fingerprint density at radius 3 is 2.81 bits per heavy atom. The number of hydrogen-bond donors (Lipinski definition) is 0. The highest BCUT2D eigenvalue weighted by molar-refractivity contribution is 7.99. The largest absolute Gasteiger partial charge is 0.323 e. The summed E-state index contributed by atoms with van der Waals surface area (Å²) in [5.74, 6) is 2.90. The van der Waals surface area contributed by atoms with E-state index in [1.807, 2.05) is 24.8 Å². The minimum absolute atomic E-state index is 0.254. The topological polar surface area (TPSA) is 52.0 Å². The van der Waals surface area contributed by atoms with Crippen LogP contribution in [0.3, 0.4) is 0 Å². The zero-order valence-electron chi connectivity index (χ0n) is 11.9. The summed E-state index contributed by atoms with van der Waals surface area (Å²) in [5.41, 5.74) is 1.41. The van der Waals surface area contributed by atoms with Crippen LogP contribution < -0.4 is 0 Å². The van der Waals surface area contributed by atoms with Gasteiger partial charge >= 0.3 is 0 Å². The number of benzene rings is 1. The molecule has 3 rings (SSSR count). The molecule has 0 spiro atoms. The summed E-state index contributed by atoms with van der Waals surface area (Å²) in [4.78, 5) is 4.85. The van der Waals surface area contributed by atoms with Gasteiger partial charge in [0.05, 0.1) is 15.8 Å². The number of rotatable bonds is 3. The molecule has 1 fully saturated rings. The Bertz CT molecular complexity index is 778. The Morgan fingerprint density at radius 2 is 2.24 bits per heavy atom. The average molecular weight is 345 g/mol. The van der Waals surface area contributed by atoms with Crippen LogP contribution in [0, 0.1) is 0 Å². The van der Waals surface area contributed by atoms with Crippen molar-refractivity contribution in [1.82, 2.24) is 9.55 Å². The molecule has 1 aliphatic rings. The standard InChI is InChI=1S/C14H17ClN2O2S2/c1-9(15)14-16-13-11(17(14)10-6-7-20-8-10)4-3-5-12(13)21(2,18)19/h3-5,9-10H,6-8H2,1-2H3. The van der Waals surface area contributed by atoms with E-state index < -0.39 is 9.84 Å². The maximum atomic E-state index is 12.0. The molecule has 2 atom stereocenters. The van der Waals surface area contributed by atoms with E-state index in [1.54, 1.807) is 12.1 Å². The van der Waals surface area contributed by atoms with Crippen LogP contribution in [0.5, 0.6) is 0 Å². The van der Waals surface area contributed by atoms with Crippen molar-refractivity contribution in [3.05, 3.63) is 24.0 Å². The van der Waals surface area contributed by atoms with Crippen molar-refractivity contribution in [3.8, 4) is 0 Å². The number of thioether (sulfide) groups is 1. The van der Waals surface area contributed by atoms with Gasteiger partial charge in [-0.2, -0.15) is 11.8 Å². The number of alkyl halides is 1. The average Bonchev–Trinajstić information content (AvgIpc) is 3.03. The van der Waals surface area contributed by atoms with E-state index in [1.165, 1.54) is 6.26 Å². The van der Waals surface area contributed by atoms with Crippen molar-refractivity contribution in [1.29, 1.82) is 0 Å². The van der Waals surface area contributed by atoms with Gasteiger partial charge in [0.1, 0.15) is 11.3 Å². The van der Waals surface area contributed by atoms with Crippen molar-refractivity contribution in [2.24, 2.45) is 0 Å². The van der Waals surface area contributed by atoms with Crippen molar-refractivity contribution < 1.29 is 8.42 Å². The van der Waals surface area contributed by atoms with Crippen molar-refractivity contribution in [3.63, 3.8) is 0 Å². The molecule has 114 valence electrons. The fourth-order valence-corrected chi connectivity index (χ4v) is 4.97. The SMILES string of the molecule is CC(Cl)c1nc2c(S(C)(=O)=O)cccc2n1C1CCSC1. The molecule has 7 heteroatoms. The first-order valence-electron chi connectivity index (χ1n) is 6.82. The fraction of sp³-hybridized carbons (Fsp3) is 0.500. The van der Waals surface area contributed by atoms with E-state index in [2.05, 4.69) is 9.55 Å². The van der Waals surface area contributed by atoms with Crippen LogP contribution in [-0.4, -0.2) is 35.7 Å². The molecule has 1 aliphatic heterocycles. The smallest absolute Gasteiger partial charge is 0.177 e. The summed E-state index contributed by atoms with van der Waals surface area (Å²) < 4.78 is 26.1. The van der Waals surface area contributed by atoms with Crippen LogP contribution in [-0.2, 0) is 9.84 Å². The molecule has 2 aromatic rings. The Labute approximate surface area is 133 Å². The van der Waals surface area contributed by atoms with Gasteiger partial charge in [0.15, 0.2) is 9.84 Å². The Kier molecular flexibility index (Phi) is 3.96. The summed E-state index contributed by atoms with van der Waals surface area (Å²) in [5, 5.41) is -0.254. The van der Waals surface area contributed by atoms with Gasteiger partial charge in [-0.15, -0.1) is 11.6 Å². The number of hydrogen-bond acceptors (Lipinski definition) is 4. The molecule has 0 aliphatic carbocycles. The highest BCUT2D eigenvalue weighted by atomic mass is 35.5. The second kappa shape index (κ2) is 5.48. The van der Waals surface area contributed by atoms with Gasteiger partial charge in [0.25, 0.3) is 0 Å². The Morgan fingerprint density at radius 1 is 1.48 bits per heavy atom. The van der Waals surface area contributed by atoms with Gasteiger partial charge in [0.2, 0.25) is 0 Å². The molecule has 1 aromatic heterocycles. The second-order valence-electron chi connectivity index (χ2n) is 5.37. The quantitative estimate of drug-likeness (QED) is 0.800. The van der Waals surface area contributed by atoms with Crippen LogP contribution in [0.4, 0.5) is 0 Å². The fourth-order valence-electron chi connectivity index (χ4n) is 2.80. The molecule has 0 saturated carbocycles. The molecule has 0 amide bonds. The molecule has 0 radical (unpaired) electrons. The third-order valence-electron chi connectivity index (χ3n) is 3.74. The lowest BCUT2D eigenvalue weighted by Gasteiger charge is -2.16. The monoisotopic (exact) mass is 344 g/mol. The molecular weight excluding hydrogens is 328 g/mol. The van der Waals surface area contributed by atoms with E-state index in [-0.39, 0.29) is 10.3 Å². The number of fused-ring (bicyclic) bond motifs is 1. The lowest BCUT2D eigenvalue weighted by Crippen LogP contribution is -2.12. The van der Waals surface area contributed by atoms with Crippen LogP contribution in [0.25, 0.3) is 11.0 Å². The number of sulfone groups is 1. The molecule has 4 nitrogen and oxygen atoms in total. The van der Waals surface area contributed by atoms with Crippen molar-refractivity contribution in [2.45, 2.75) is 29.7 Å². The molecular formula is C14H17ClN2O2S2. The van der Waals surface area contributed by atoms with Gasteiger partial charge in [-0.1, -0.05) is 6.07 Å². The summed E-state index contributed by atoms with van der Waals surface area (Å²) >= 11 is 8.19. The first kappa shape index (κ1) is 15.2. The van der Waals surface area contributed by atoms with E-state index in [0.717, 1.165) is 29.3 Å². The summed E-state index contributed by atoms with van der Waals surface area (Å²) in [6.45, 7) is 1.88. The van der Waals surface area contributed by atoms with Crippen LogP contribution in [0.1, 0.15) is 30.6 Å². The molecule has 1 aromatic carbocycles. The molecule has 0 N–H and O–H groups in total. The number of halogens is 1. The number of nitrogens with zero attached hydrogens (tertiary/aromatic N) is 2. The zero-order valence-corrected chi connectivity index (χ0v) is 14.3. The van der Waals surface area contributed by atoms with E-state index in [0.29, 0.717) is 11.6 Å².